The first-order valence-corrected chi connectivity index (χ1v) is 4.36. The summed E-state index contributed by atoms with van der Waals surface area (Å²) in [6, 6.07) is 0. The summed E-state index contributed by atoms with van der Waals surface area (Å²) in [5, 5.41) is 18.9. The average Bonchev–Trinajstić information content (AvgIpc) is 2.05. The summed E-state index contributed by atoms with van der Waals surface area (Å²) in [6.45, 7) is 0.891. The third-order valence-corrected chi connectivity index (χ3v) is 2.42. The fraction of sp³-hybridized carbons (Fsp3) is 0.857. The Balaban J connectivity index is 2.57. The Kier molecular flexibility index (Phi) is 2.87. The Bertz CT molecular complexity index is 188. The Labute approximate surface area is 77.0 Å². The number of nitrogens with two attached hydrogens (primary N) is 1. The zero-order chi connectivity index (χ0) is 9.19. The molecule has 0 aromatic rings. The number of likely N-dealkylation sites (tertiary alicyclic amines) is 1. The van der Waals surface area contributed by atoms with Gasteiger partial charge in [-0.3, -0.25) is 0 Å². The smallest absolute Gasteiger partial charge is 0.166 e. The van der Waals surface area contributed by atoms with E-state index in [0.717, 1.165) is 13.0 Å². The maximum Gasteiger partial charge on any atom is 0.166 e. The van der Waals surface area contributed by atoms with Crippen molar-refractivity contribution >= 4 is 17.3 Å². The summed E-state index contributed by atoms with van der Waals surface area (Å²) in [5.74, 6) is 0. The molecule has 0 bridgehead atoms. The van der Waals surface area contributed by atoms with E-state index in [1.165, 1.54) is 0 Å². The molecule has 4 N–H and O–H groups in total. The van der Waals surface area contributed by atoms with Gasteiger partial charge in [0, 0.05) is 6.54 Å². The number of hydrogen-bond donors (Lipinski definition) is 3. The largest absolute Gasteiger partial charge is 0.393 e. The molecule has 70 valence electrons. The zero-order valence-electron chi connectivity index (χ0n) is 6.86. The fourth-order valence-corrected chi connectivity index (χ4v) is 1.59. The van der Waals surface area contributed by atoms with Crippen LogP contribution in [0.3, 0.4) is 0 Å². The summed E-state index contributed by atoms with van der Waals surface area (Å²) >= 11 is 4.78. The van der Waals surface area contributed by atoms with Crippen molar-refractivity contribution < 1.29 is 10.2 Å². The highest BCUT2D eigenvalue weighted by atomic mass is 32.1. The highest BCUT2D eigenvalue weighted by Gasteiger charge is 2.32. The molecule has 1 heterocycles. The third-order valence-electron chi connectivity index (χ3n) is 2.16. The van der Waals surface area contributed by atoms with Crippen molar-refractivity contribution in [2.45, 2.75) is 18.4 Å². The van der Waals surface area contributed by atoms with E-state index >= 15 is 0 Å². The van der Waals surface area contributed by atoms with Crippen LogP contribution in [-0.4, -0.2) is 45.5 Å². The molecule has 1 atom stereocenters. The maximum absolute atomic E-state index is 9.69. The average molecular weight is 190 g/mol. The molecule has 4 nitrogen and oxygen atoms in total. The van der Waals surface area contributed by atoms with E-state index < -0.39 is 5.60 Å². The first kappa shape index (κ1) is 9.70. The molecule has 0 amide bonds. The van der Waals surface area contributed by atoms with Crippen molar-refractivity contribution in [3.05, 3.63) is 0 Å². The van der Waals surface area contributed by atoms with Crippen molar-refractivity contribution in [3.8, 4) is 0 Å². The second-order valence-electron chi connectivity index (χ2n) is 3.25. The molecular formula is C7H14N2O2S. The van der Waals surface area contributed by atoms with E-state index in [1.807, 2.05) is 0 Å². The van der Waals surface area contributed by atoms with Gasteiger partial charge in [0.15, 0.2) is 5.11 Å². The van der Waals surface area contributed by atoms with Crippen LogP contribution in [0.4, 0.5) is 0 Å². The van der Waals surface area contributed by atoms with Gasteiger partial charge in [-0.05, 0) is 25.1 Å². The van der Waals surface area contributed by atoms with Gasteiger partial charge in [-0.1, -0.05) is 0 Å². The Morgan fingerprint density at radius 3 is 2.83 bits per heavy atom. The molecule has 12 heavy (non-hydrogen) atoms. The van der Waals surface area contributed by atoms with E-state index in [0.29, 0.717) is 18.1 Å². The van der Waals surface area contributed by atoms with E-state index in [1.54, 1.807) is 4.90 Å². The molecule has 1 aliphatic heterocycles. The van der Waals surface area contributed by atoms with Crippen LogP contribution in [0.1, 0.15) is 12.8 Å². The van der Waals surface area contributed by atoms with Gasteiger partial charge in [0.25, 0.3) is 0 Å². The van der Waals surface area contributed by atoms with Crippen molar-refractivity contribution in [2.24, 2.45) is 5.73 Å². The lowest BCUT2D eigenvalue weighted by molar-refractivity contribution is -0.0521. The van der Waals surface area contributed by atoms with Crippen molar-refractivity contribution in [1.82, 2.24) is 4.90 Å². The van der Waals surface area contributed by atoms with Gasteiger partial charge in [-0.2, -0.15) is 0 Å². The molecule has 0 aromatic heterocycles. The normalized spacial score (nSPS) is 30.3. The molecule has 0 saturated carbocycles. The lowest BCUT2D eigenvalue weighted by atomic mass is 9.94. The van der Waals surface area contributed by atoms with Crippen molar-refractivity contribution in [1.29, 1.82) is 0 Å². The SMILES string of the molecule is NC(=S)N1CCCC(O)(CO)C1. The van der Waals surface area contributed by atoms with Gasteiger partial charge >= 0.3 is 0 Å². The van der Waals surface area contributed by atoms with E-state index in [-0.39, 0.29) is 6.61 Å². The number of thiocarbonyl (C=S) groups is 1. The van der Waals surface area contributed by atoms with Gasteiger partial charge in [-0.15, -0.1) is 0 Å². The number of rotatable bonds is 1. The van der Waals surface area contributed by atoms with Crippen LogP contribution in [0.2, 0.25) is 0 Å². The molecule has 1 unspecified atom stereocenters. The molecule has 1 saturated heterocycles. The number of aliphatic hydroxyl groups is 2. The van der Waals surface area contributed by atoms with Crippen LogP contribution >= 0.6 is 12.2 Å². The monoisotopic (exact) mass is 190 g/mol. The summed E-state index contributed by atoms with van der Waals surface area (Å²) in [5.41, 5.74) is 4.40. The van der Waals surface area contributed by atoms with Gasteiger partial charge in [0.2, 0.25) is 0 Å². The number of nitrogens with zero attached hydrogens (tertiary/aromatic N) is 1. The summed E-state index contributed by atoms with van der Waals surface area (Å²) in [7, 11) is 0. The van der Waals surface area contributed by atoms with Gasteiger partial charge in [0.05, 0.1) is 13.2 Å². The van der Waals surface area contributed by atoms with Crippen LogP contribution in [0.25, 0.3) is 0 Å². The summed E-state index contributed by atoms with van der Waals surface area (Å²) in [4.78, 5) is 1.72. The van der Waals surface area contributed by atoms with Crippen LogP contribution < -0.4 is 5.73 Å². The standard InChI is InChI=1S/C7H14N2O2S/c8-6(12)9-3-1-2-7(11,4-9)5-10/h10-11H,1-5H2,(H2,8,12). The molecule has 1 aliphatic rings. The minimum atomic E-state index is -1.01. The molecule has 5 heteroatoms. The number of β-amino-alcohol motifs (C(OH)–C–C–N with tert-alkyl or cyclic N) is 1. The Hall–Kier alpha value is -0.390. The summed E-state index contributed by atoms with van der Waals surface area (Å²) in [6.07, 6.45) is 1.43. The highest BCUT2D eigenvalue weighted by Crippen LogP contribution is 2.19. The first-order valence-electron chi connectivity index (χ1n) is 3.95. The second-order valence-corrected chi connectivity index (χ2v) is 3.66. The number of aliphatic hydroxyl groups excluding tert-OH is 1. The van der Waals surface area contributed by atoms with Gasteiger partial charge in [-0.25, -0.2) is 0 Å². The van der Waals surface area contributed by atoms with Crippen molar-refractivity contribution in [3.63, 3.8) is 0 Å². The number of hydrogen-bond acceptors (Lipinski definition) is 3. The van der Waals surface area contributed by atoms with Crippen LogP contribution in [-0.2, 0) is 0 Å². The van der Waals surface area contributed by atoms with Crippen LogP contribution in [0, 0.1) is 0 Å². The Morgan fingerprint density at radius 2 is 2.33 bits per heavy atom. The van der Waals surface area contributed by atoms with Gasteiger partial charge in [0.1, 0.15) is 5.60 Å². The Morgan fingerprint density at radius 1 is 1.67 bits per heavy atom. The van der Waals surface area contributed by atoms with Crippen LogP contribution in [0.15, 0.2) is 0 Å². The predicted octanol–water partition coefficient (Wildman–Crippen LogP) is -0.951. The minimum Gasteiger partial charge on any atom is -0.393 e. The number of piperidine rings is 1. The minimum absolute atomic E-state index is 0.230. The summed E-state index contributed by atoms with van der Waals surface area (Å²) < 4.78 is 0. The lowest BCUT2D eigenvalue weighted by Crippen LogP contribution is -2.53. The quantitative estimate of drug-likeness (QED) is 0.465. The first-order chi connectivity index (χ1) is 5.57. The topological polar surface area (TPSA) is 69.7 Å². The predicted molar refractivity (Wildman–Crippen MR) is 49.6 cm³/mol. The third kappa shape index (κ3) is 2.06. The van der Waals surface area contributed by atoms with E-state index in [9.17, 15) is 5.11 Å². The molecule has 0 aliphatic carbocycles. The van der Waals surface area contributed by atoms with Crippen LogP contribution in [0.5, 0.6) is 0 Å². The second kappa shape index (κ2) is 3.55. The van der Waals surface area contributed by atoms with Crippen molar-refractivity contribution in [2.75, 3.05) is 19.7 Å². The fourth-order valence-electron chi connectivity index (χ4n) is 1.43. The molecule has 0 spiro atoms. The molecule has 0 aromatic carbocycles. The molecule has 1 rings (SSSR count). The zero-order valence-corrected chi connectivity index (χ0v) is 7.68. The molecule has 1 fully saturated rings. The lowest BCUT2D eigenvalue weighted by Gasteiger charge is -2.38. The van der Waals surface area contributed by atoms with E-state index in [2.05, 4.69) is 0 Å². The highest BCUT2D eigenvalue weighted by molar-refractivity contribution is 7.80. The maximum atomic E-state index is 9.69. The van der Waals surface area contributed by atoms with Gasteiger partial charge < -0.3 is 20.8 Å². The molecular weight excluding hydrogens is 176 g/mol. The van der Waals surface area contributed by atoms with E-state index in [4.69, 9.17) is 23.1 Å². The molecule has 0 radical (unpaired) electrons.